The van der Waals surface area contributed by atoms with Gasteiger partial charge in [0.2, 0.25) is 5.75 Å². The lowest BCUT2D eigenvalue weighted by Gasteiger charge is -2.11. The Morgan fingerprint density at radius 2 is 1.55 bits per heavy atom. The van der Waals surface area contributed by atoms with Crippen molar-refractivity contribution < 1.29 is 15.3 Å². The Balaban J connectivity index is 2.07. The molecule has 4 N–H and O–H groups in total. The molecule has 2 aromatic rings. The number of hydrogen-bond donors (Lipinski definition) is 4. The average molecular weight is 273 g/mol. The average Bonchev–Trinajstić information content (AvgIpc) is 2.44. The molecule has 0 bridgehead atoms. The molecule has 0 amide bonds. The number of nitrogens with one attached hydrogen (secondary N) is 1. The molecule has 4 heteroatoms. The summed E-state index contributed by atoms with van der Waals surface area (Å²) in [4.78, 5) is 0. The Hall–Kier alpha value is -2.36. The quantitative estimate of drug-likeness (QED) is 0.643. The number of phenolic OH excluding ortho intramolecular Hbond substituents is 3. The van der Waals surface area contributed by atoms with Gasteiger partial charge in [0.1, 0.15) is 0 Å². The van der Waals surface area contributed by atoms with Crippen LogP contribution >= 0.6 is 0 Å². The minimum Gasteiger partial charge on any atom is -0.504 e. The van der Waals surface area contributed by atoms with Crippen LogP contribution in [0.25, 0.3) is 0 Å². The molecule has 0 saturated heterocycles. The van der Waals surface area contributed by atoms with Crippen molar-refractivity contribution in [2.45, 2.75) is 26.3 Å². The van der Waals surface area contributed by atoms with Gasteiger partial charge in [-0.1, -0.05) is 26.0 Å². The van der Waals surface area contributed by atoms with Crippen molar-refractivity contribution in [1.82, 2.24) is 0 Å². The maximum Gasteiger partial charge on any atom is 0.200 e. The summed E-state index contributed by atoms with van der Waals surface area (Å²) < 4.78 is 0. The molecule has 0 atom stereocenters. The van der Waals surface area contributed by atoms with E-state index in [0.29, 0.717) is 18.0 Å². The lowest BCUT2D eigenvalue weighted by atomic mass is 10.0. The van der Waals surface area contributed by atoms with Gasteiger partial charge in [0.05, 0.1) is 0 Å². The standard InChI is InChI=1S/C16H19NO3/c1-10(2)11-3-6-13(7-4-11)17-9-12-5-8-14(18)16(20)15(12)19/h3-8,10,17-20H,9H2,1-2H3. The molecule has 2 aromatic carbocycles. The number of aromatic hydroxyl groups is 3. The lowest BCUT2D eigenvalue weighted by Crippen LogP contribution is -2.00. The van der Waals surface area contributed by atoms with Crippen LogP contribution in [-0.4, -0.2) is 15.3 Å². The molecule has 0 saturated carbocycles. The van der Waals surface area contributed by atoms with Crippen molar-refractivity contribution in [3.63, 3.8) is 0 Å². The Kier molecular flexibility index (Phi) is 4.03. The maximum absolute atomic E-state index is 9.72. The van der Waals surface area contributed by atoms with Crippen molar-refractivity contribution >= 4 is 5.69 Å². The highest BCUT2D eigenvalue weighted by Gasteiger charge is 2.10. The van der Waals surface area contributed by atoms with Gasteiger partial charge in [-0.25, -0.2) is 0 Å². The van der Waals surface area contributed by atoms with Crippen LogP contribution in [0.1, 0.15) is 30.9 Å². The number of rotatable bonds is 4. The fourth-order valence-corrected chi connectivity index (χ4v) is 1.94. The molecule has 106 valence electrons. The Labute approximate surface area is 118 Å². The van der Waals surface area contributed by atoms with Crippen molar-refractivity contribution in [3.05, 3.63) is 47.5 Å². The van der Waals surface area contributed by atoms with Crippen LogP contribution in [0.15, 0.2) is 36.4 Å². The molecular weight excluding hydrogens is 254 g/mol. The SMILES string of the molecule is CC(C)c1ccc(NCc2ccc(O)c(O)c2O)cc1. The van der Waals surface area contributed by atoms with Gasteiger partial charge < -0.3 is 20.6 Å². The highest BCUT2D eigenvalue weighted by atomic mass is 16.3. The van der Waals surface area contributed by atoms with Crippen LogP contribution in [0.2, 0.25) is 0 Å². The zero-order valence-electron chi connectivity index (χ0n) is 11.6. The van der Waals surface area contributed by atoms with Crippen LogP contribution in [0.5, 0.6) is 17.2 Å². The number of anilines is 1. The van der Waals surface area contributed by atoms with E-state index >= 15 is 0 Å². The van der Waals surface area contributed by atoms with E-state index in [9.17, 15) is 15.3 Å². The zero-order chi connectivity index (χ0) is 14.7. The normalized spacial score (nSPS) is 10.8. The van der Waals surface area contributed by atoms with E-state index in [1.165, 1.54) is 11.6 Å². The molecule has 0 heterocycles. The van der Waals surface area contributed by atoms with Gasteiger partial charge in [-0.2, -0.15) is 0 Å². The predicted octanol–water partition coefficient (Wildman–Crippen LogP) is 3.54. The van der Waals surface area contributed by atoms with Gasteiger partial charge in [0.25, 0.3) is 0 Å². The summed E-state index contributed by atoms with van der Waals surface area (Å²) in [5.41, 5.74) is 2.72. The van der Waals surface area contributed by atoms with E-state index in [4.69, 9.17) is 0 Å². The molecule has 4 nitrogen and oxygen atoms in total. The fraction of sp³-hybridized carbons (Fsp3) is 0.250. The monoisotopic (exact) mass is 273 g/mol. The summed E-state index contributed by atoms with van der Waals surface area (Å²) >= 11 is 0. The van der Waals surface area contributed by atoms with Crippen LogP contribution in [0.3, 0.4) is 0 Å². The van der Waals surface area contributed by atoms with Gasteiger partial charge in [0.15, 0.2) is 11.5 Å². The van der Waals surface area contributed by atoms with Crippen molar-refractivity contribution in [3.8, 4) is 17.2 Å². The summed E-state index contributed by atoms with van der Waals surface area (Å²) in [5.74, 6) is -0.620. The summed E-state index contributed by atoms with van der Waals surface area (Å²) in [7, 11) is 0. The second-order valence-electron chi connectivity index (χ2n) is 5.07. The van der Waals surface area contributed by atoms with Crippen LogP contribution < -0.4 is 5.32 Å². The molecule has 2 rings (SSSR count). The Morgan fingerprint density at radius 1 is 0.900 bits per heavy atom. The first-order valence-corrected chi connectivity index (χ1v) is 6.55. The van der Waals surface area contributed by atoms with E-state index in [1.54, 1.807) is 6.07 Å². The topological polar surface area (TPSA) is 72.7 Å². The third-order valence-electron chi connectivity index (χ3n) is 3.27. The van der Waals surface area contributed by atoms with Gasteiger partial charge >= 0.3 is 0 Å². The third-order valence-corrected chi connectivity index (χ3v) is 3.27. The minimum atomic E-state index is -0.487. The summed E-state index contributed by atoms with van der Waals surface area (Å²) in [6.07, 6.45) is 0. The minimum absolute atomic E-state index is 0.295. The highest BCUT2D eigenvalue weighted by Crippen LogP contribution is 2.37. The Bertz CT molecular complexity index is 591. The van der Waals surface area contributed by atoms with Gasteiger partial charge in [-0.05, 0) is 35.7 Å². The number of phenols is 3. The number of hydrogen-bond acceptors (Lipinski definition) is 4. The predicted molar refractivity (Wildman–Crippen MR) is 79.3 cm³/mol. The molecule has 0 aliphatic heterocycles. The van der Waals surface area contributed by atoms with Crippen LogP contribution in [0.4, 0.5) is 5.69 Å². The van der Waals surface area contributed by atoms with E-state index in [0.717, 1.165) is 5.69 Å². The summed E-state index contributed by atoms with van der Waals surface area (Å²) in [6.45, 7) is 4.64. The molecule has 20 heavy (non-hydrogen) atoms. The van der Waals surface area contributed by atoms with Gasteiger partial charge in [0, 0.05) is 17.8 Å². The van der Waals surface area contributed by atoms with E-state index in [1.807, 2.05) is 12.1 Å². The van der Waals surface area contributed by atoms with E-state index in [-0.39, 0.29) is 11.5 Å². The number of benzene rings is 2. The molecular formula is C16H19NO3. The second-order valence-corrected chi connectivity index (χ2v) is 5.07. The molecule has 0 spiro atoms. The molecule has 0 aliphatic carbocycles. The second kappa shape index (κ2) is 5.74. The molecule has 0 aliphatic rings. The van der Waals surface area contributed by atoms with Gasteiger partial charge in [-0.15, -0.1) is 0 Å². The molecule has 0 fully saturated rings. The third kappa shape index (κ3) is 2.96. The first-order valence-electron chi connectivity index (χ1n) is 6.55. The first kappa shape index (κ1) is 14.1. The fourth-order valence-electron chi connectivity index (χ4n) is 1.94. The Morgan fingerprint density at radius 3 is 2.15 bits per heavy atom. The van der Waals surface area contributed by atoms with Crippen molar-refractivity contribution in [2.75, 3.05) is 5.32 Å². The van der Waals surface area contributed by atoms with Crippen LogP contribution in [0, 0.1) is 0 Å². The maximum atomic E-state index is 9.72. The van der Waals surface area contributed by atoms with Gasteiger partial charge in [-0.3, -0.25) is 0 Å². The highest BCUT2D eigenvalue weighted by molar-refractivity contribution is 5.54. The zero-order valence-corrected chi connectivity index (χ0v) is 11.6. The summed E-state index contributed by atoms with van der Waals surface area (Å²) in [6, 6.07) is 11.0. The lowest BCUT2D eigenvalue weighted by molar-refractivity contribution is 0.365. The summed E-state index contributed by atoms with van der Waals surface area (Å²) in [5, 5.41) is 31.6. The van der Waals surface area contributed by atoms with E-state index in [2.05, 4.69) is 31.3 Å². The van der Waals surface area contributed by atoms with E-state index < -0.39 is 5.75 Å². The smallest absolute Gasteiger partial charge is 0.200 e. The molecule has 0 unspecified atom stereocenters. The van der Waals surface area contributed by atoms with Crippen LogP contribution in [-0.2, 0) is 6.54 Å². The largest absolute Gasteiger partial charge is 0.504 e. The first-order chi connectivity index (χ1) is 9.49. The molecule has 0 aromatic heterocycles. The van der Waals surface area contributed by atoms with Crippen molar-refractivity contribution in [1.29, 1.82) is 0 Å². The molecule has 0 radical (unpaired) electrons. The van der Waals surface area contributed by atoms with Crippen molar-refractivity contribution in [2.24, 2.45) is 0 Å².